The molecule has 0 atom stereocenters. The zero-order valence-electron chi connectivity index (χ0n) is 18.4. The van der Waals surface area contributed by atoms with Crippen LogP contribution in [0.15, 0.2) is 77.7 Å². The van der Waals surface area contributed by atoms with Crippen LogP contribution >= 0.6 is 0 Å². The van der Waals surface area contributed by atoms with E-state index >= 15 is 0 Å². The molecule has 1 saturated heterocycles. The average molecular weight is 440 g/mol. The molecule has 0 unspecified atom stereocenters. The zero-order valence-corrected chi connectivity index (χ0v) is 18.4. The number of hydrogen-bond donors (Lipinski definition) is 2. The molecule has 2 N–H and O–H groups in total. The minimum Gasteiger partial charge on any atom is -0.378 e. The van der Waals surface area contributed by atoms with Gasteiger partial charge in [0.25, 0.3) is 11.5 Å². The highest BCUT2D eigenvalue weighted by molar-refractivity contribution is 6.05. The van der Waals surface area contributed by atoms with Gasteiger partial charge >= 0.3 is 0 Å². The van der Waals surface area contributed by atoms with Crippen LogP contribution < -0.4 is 15.8 Å². The minimum atomic E-state index is -0.172. The number of aromatic amines is 1. The molecule has 0 spiro atoms. The van der Waals surface area contributed by atoms with E-state index in [1.807, 2.05) is 73.7 Å². The number of hydrogen-bond acceptors (Lipinski definition) is 4. The number of rotatable bonds is 4. The first kappa shape index (κ1) is 21.0. The van der Waals surface area contributed by atoms with Crippen LogP contribution in [0.3, 0.4) is 0 Å². The highest BCUT2D eigenvalue weighted by atomic mass is 16.5. The predicted molar refractivity (Wildman–Crippen MR) is 132 cm³/mol. The summed E-state index contributed by atoms with van der Waals surface area (Å²) in [5.74, 6) is -0.172. The van der Waals surface area contributed by atoms with Crippen molar-refractivity contribution >= 4 is 28.1 Å². The highest BCUT2D eigenvalue weighted by Gasteiger charge is 2.14. The molecular weight excluding hydrogens is 414 g/mol. The van der Waals surface area contributed by atoms with Gasteiger partial charge < -0.3 is 19.9 Å². The maximum Gasteiger partial charge on any atom is 0.255 e. The van der Waals surface area contributed by atoms with E-state index in [0.717, 1.165) is 46.5 Å². The van der Waals surface area contributed by atoms with E-state index in [4.69, 9.17) is 4.74 Å². The maximum absolute atomic E-state index is 13.1. The summed E-state index contributed by atoms with van der Waals surface area (Å²) in [5.41, 5.74) is 5.13. The monoisotopic (exact) mass is 439 g/mol. The maximum atomic E-state index is 13.1. The lowest BCUT2D eigenvalue weighted by atomic mass is 9.96. The van der Waals surface area contributed by atoms with E-state index in [1.165, 1.54) is 0 Å². The zero-order chi connectivity index (χ0) is 22.8. The summed E-state index contributed by atoms with van der Waals surface area (Å²) in [4.78, 5) is 30.3. The van der Waals surface area contributed by atoms with Crippen LogP contribution in [0.2, 0.25) is 0 Å². The summed E-state index contributed by atoms with van der Waals surface area (Å²) in [7, 11) is 0. The fourth-order valence-electron chi connectivity index (χ4n) is 4.23. The number of amides is 1. The van der Waals surface area contributed by atoms with Crippen molar-refractivity contribution < 1.29 is 9.53 Å². The van der Waals surface area contributed by atoms with Crippen molar-refractivity contribution in [3.8, 4) is 11.1 Å². The number of nitrogens with one attached hydrogen (secondary N) is 2. The van der Waals surface area contributed by atoms with Crippen LogP contribution in [-0.2, 0) is 4.74 Å². The van der Waals surface area contributed by atoms with E-state index in [1.54, 1.807) is 6.20 Å². The van der Waals surface area contributed by atoms with Gasteiger partial charge in [0.1, 0.15) is 0 Å². The third-order valence-electron chi connectivity index (χ3n) is 6.07. The smallest absolute Gasteiger partial charge is 0.255 e. The summed E-state index contributed by atoms with van der Waals surface area (Å²) in [6.45, 7) is 5.11. The van der Waals surface area contributed by atoms with Crippen molar-refractivity contribution in [2.75, 3.05) is 36.5 Å². The summed E-state index contributed by atoms with van der Waals surface area (Å²) in [6.07, 6.45) is 1.65. The van der Waals surface area contributed by atoms with Gasteiger partial charge in [-0.25, -0.2) is 0 Å². The molecule has 1 fully saturated rings. The normalized spacial score (nSPS) is 13.8. The fraction of sp³-hybridized carbons (Fsp3) is 0.185. The number of anilines is 2. The number of benzene rings is 3. The Kier molecular flexibility index (Phi) is 5.67. The first-order valence-corrected chi connectivity index (χ1v) is 11.0. The Hall–Kier alpha value is -3.90. The van der Waals surface area contributed by atoms with Gasteiger partial charge in [-0.05, 0) is 71.5 Å². The summed E-state index contributed by atoms with van der Waals surface area (Å²) in [6, 6.07) is 21.2. The van der Waals surface area contributed by atoms with Crippen LogP contribution in [0.5, 0.6) is 0 Å². The SMILES string of the molecule is Cc1ccc(C(=O)Nc2cccc(N3CCOCC3)c2)cc1-c1ccc2cc[nH]c(=O)c2c1. The largest absolute Gasteiger partial charge is 0.378 e. The first-order chi connectivity index (χ1) is 16.1. The molecule has 0 radical (unpaired) electrons. The van der Waals surface area contributed by atoms with Crippen molar-refractivity contribution in [1.29, 1.82) is 0 Å². The average Bonchev–Trinajstić information content (AvgIpc) is 2.85. The van der Waals surface area contributed by atoms with Crippen molar-refractivity contribution in [2.45, 2.75) is 6.92 Å². The molecule has 3 aromatic carbocycles. The second kappa shape index (κ2) is 8.92. The molecule has 4 aromatic rings. The quantitative estimate of drug-likeness (QED) is 0.488. The Morgan fingerprint density at radius 1 is 1.00 bits per heavy atom. The number of carbonyl (C=O) groups is 1. The Labute approximate surface area is 191 Å². The standard InChI is InChI=1S/C27H25N3O3/c1-18-5-6-21(16-24(18)20-8-7-19-9-10-28-27(32)25(19)15-20)26(31)29-22-3-2-4-23(17-22)30-11-13-33-14-12-30/h2-10,15-17H,11-14H2,1H3,(H,28,32)(H,29,31). The number of aromatic nitrogens is 1. The molecule has 6 heteroatoms. The predicted octanol–water partition coefficient (Wildman–Crippen LogP) is 4.59. The third-order valence-corrected chi connectivity index (χ3v) is 6.07. The van der Waals surface area contributed by atoms with E-state index in [9.17, 15) is 9.59 Å². The number of carbonyl (C=O) groups excluding carboxylic acids is 1. The molecule has 0 bridgehead atoms. The van der Waals surface area contributed by atoms with Gasteiger partial charge in [-0.15, -0.1) is 0 Å². The molecule has 0 aliphatic carbocycles. The van der Waals surface area contributed by atoms with Crippen molar-refractivity contribution in [1.82, 2.24) is 4.98 Å². The van der Waals surface area contributed by atoms with E-state index in [-0.39, 0.29) is 11.5 Å². The lowest BCUT2D eigenvalue weighted by molar-refractivity contribution is 0.102. The molecule has 0 saturated carbocycles. The molecule has 1 aromatic heterocycles. The van der Waals surface area contributed by atoms with Gasteiger partial charge in [0.15, 0.2) is 0 Å². The van der Waals surface area contributed by atoms with E-state index < -0.39 is 0 Å². The van der Waals surface area contributed by atoms with Gasteiger partial charge in [0.05, 0.1) is 13.2 Å². The van der Waals surface area contributed by atoms with Gasteiger partial charge in [0.2, 0.25) is 0 Å². The summed E-state index contributed by atoms with van der Waals surface area (Å²) < 4.78 is 5.43. The number of pyridine rings is 1. The summed E-state index contributed by atoms with van der Waals surface area (Å²) in [5, 5.41) is 4.54. The lowest BCUT2D eigenvalue weighted by Gasteiger charge is -2.29. The van der Waals surface area contributed by atoms with Crippen molar-refractivity contribution in [2.24, 2.45) is 0 Å². The van der Waals surface area contributed by atoms with Crippen molar-refractivity contribution in [3.63, 3.8) is 0 Å². The second-order valence-corrected chi connectivity index (χ2v) is 8.24. The highest BCUT2D eigenvalue weighted by Crippen LogP contribution is 2.28. The van der Waals surface area contributed by atoms with Gasteiger partial charge in [-0.1, -0.05) is 24.3 Å². The second-order valence-electron chi connectivity index (χ2n) is 8.24. The summed E-state index contributed by atoms with van der Waals surface area (Å²) >= 11 is 0. The molecule has 166 valence electrons. The Morgan fingerprint density at radius 3 is 2.70 bits per heavy atom. The van der Waals surface area contributed by atoms with Crippen LogP contribution in [-0.4, -0.2) is 37.2 Å². The van der Waals surface area contributed by atoms with Crippen LogP contribution in [0, 0.1) is 6.92 Å². The van der Waals surface area contributed by atoms with Gasteiger partial charge in [-0.2, -0.15) is 0 Å². The Bertz CT molecular complexity index is 1390. The molecular formula is C27H25N3O3. The van der Waals surface area contributed by atoms with Crippen LogP contribution in [0.4, 0.5) is 11.4 Å². The molecule has 2 heterocycles. The van der Waals surface area contributed by atoms with E-state index in [0.29, 0.717) is 24.2 Å². The molecule has 1 aliphatic rings. The number of fused-ring (bicyclic) bond motifs is 1. The van der Waals surface area contributed by atoms with Gasteiger partial charge in [0, 0.05) is 41.6 Å². The Balaban J connectivity index is 1.42. The van der Waals surface area contributed by atoms with Crippen LogP contribution in [0.1, 0.15) is 15.9 Å². The Morgan fingerprint density at radius 2 is 1.85 bits per heavy atom. The van der Waals surface area contributed by atoms with Crippen molar-refractivity contribution in [3.05, 3.63) is 94.4 Å². The molecule has 33 heavy (non-hydrogen) atoms. The third kappa shape index (κ3) is 4.38. The fourth-order valence-corrected chi connectivity index (χ4v) is 4.23. The topological polar surface area (TPSA) is 74.4 Å². The number of H-pyrrole nitrogens is 1. The van der Waals surface area contributed by atoms with Crippen LogP contribution in [0.25, 0.3) is 21.9 Å². The molecule has 5 rings (SSSR count). The molecule has 1 amide bonds. The number of ether oxygens (including phenoxy) is 1. The number of morpholine rings is 1. The minimum absolute atomic E-state index is 0.124. The van der Waals surface area contributed by atoms with Gasteiger partial charge in [-0.3, -0.25) is 9.59 Å². The number of aryl methyl sites for hydroxylation is 1. The molecule has 6 nitrogen and oxygen atoms in total. The first-order valence-electron chi connectivity index (χ1n) is 11.0. The lowest BCUT2D eigenvalue weighted by Crippen LogP contribution is -2.36. The molecule has 1 aliphatic heterocycles. The number of nitrogens with zero attached hydrogens (tertiary/aromatic N) is 1. The van der Waals surface area contributed by atoms with E-state index in [2.05, 4.69) is 15.2 Å².